The molecule has 2 aromatic carbocycles. The Morgan fingerprint density at radius 2 is 1.88 bits per heavy atom. The minimum Gasteiger partial charge on any atom is -0.454 e. The van der Waals surface area contributed by atoms with Gasteiger partial charge in [0.1, 0.15) is 0 Å². The molecule has 1 aliphatic heterocycles. The van der Waals surface area contributed by atoms with Gasteiger partial charge < -0.3 is 14.4 Å². The van der Waals surface area contributed by atoms with Crippen LogP contribution in [0.2, 0.25) is 0 Å². The Kier molecular flexibility index (Phi) is 4.35. The molecule has 4 nitrogen and oxygen atoms in total. The minimum atomic E-state index is -0.0733. The van der Waals surface area contributed by atoms with Crippen LogP contribution >= 0.6 is 0 Å². The second kappa shape index (κ2) is 6.79. The Morgan fingerprint density at radius 1 is 1.12 bits per heavy atom. The van der Waals surface area contributed by atoms with Crippen molar-refractivity contribution in [2.75, 3.05) is 6.79 Å². The van der Waals surface area contributed by atoms with Crippen molar-refractivity contribution in [3.8, 4) is 11.5 Å². The molecule has 130 valence electrons. The highest BCUT2D eigenvalue weighted by Gasteiger charge is 2.36. The molecule has 0 N–H and O–H groups in total. The molecule has 0 bridgehead atoms. The highest BCUT2D eigenvalue weighted by molar-refractivity contribution is 5.84. The van der Waals surface area contributed by atoms with E-state index in [4.69, 9.17) is 9.47 Å². The predicted octanol–water partition coefficient (Wildman–Crippen LogP) is 4.10. The van der Waals surface area contributed by atoms with Crippen LogP contribution in [0.3, 0.4) is 0 Å². The standard InChI is InChI=1S/C21H23NO3/c1-2-18(16-6-4-3-5-7-16)21(23)22(17-9-10-17)13-15-8-11-19-20(12-15)25-14-24-19/h3-8,11-12,17-18H,2,9-10,13-14H2,1H3. The topological polar surface area (TPSA) is 38.8 Å². The van der Waals surface area contributed by atoms with Gasteiger partial charge in [0.05, 0.1) is 5.92 Å². The van der Waals surface area contributed by atoms with Crippen molar-refractivity contribution >= 4 is 5.91 Å². The van der Waals surface area contributed by atoms with Crippen molar-refractivity contribution in [3.05, 3.63) is 59.7 Å². The molecule has 0 radical (unpaired) electrons. The van der Waals surface area contributed by atoms with Gasteiger partial charge in [0.25, 0.3) is 0 Å². The SMILES string of the molecule is CCC(C(=O)N(Cc1ccc2c(c1)OCO2)C1CC1)c1ccccc1. The average molecular weight is 337 g/mol. The van der Waals surface area contributed by atoms with E-state index in [1.165, 1.54) is 0 Å². The van der Waals surface area contributed by atoms with Crippen LogP contribution in [0.4, 0.5) is 0 Å². The van der Waals surface area contributed by atoms with Gasteiger partial charge >= 0.3 is 0 Å². The Morgan fingerprint density at radius 3 is 2.60 bits per heavy atom. The van der Waals surface area contributed by atoms with Crippen molar-refractivity contribution in [1.29, 1.82) is 0 Å². The van der Waals surface area contributed by atoms with Gasteiger partial charge in [-0.15, -0.1) is 0 Å². The summed E-state index contributed by atoms with van der Waals surface area (Å²) >= 11 is 0. The second-order valence-corrected chi connectivity index (χ2v) is 6.76. The number of amides is 1. The molecule has 1 heterocycles. The Hall–Kier alpha value is -2.49. The van der Waals surface area contributed by atoms with Gasteiger partial charge in [-0.3, -0.25) is 4.79 Å². The molecule has 1 aliphatic carbocycles. The lowest BCUT2D eigenvalue weighted by atomic mass is 9.94. The fraction of sp³-hybridized carbons (Fsp3) is 0.381. The van der Waals surface area contributed by atoms with E-state index in [-0.39, 0.29) is 18.6 Å². The van der Waals surface area contributed by atoms with Crippen LogP contribution in [0.25, 0.3) is 0 Å². The zero-order valence-electron chi connectivity index (χ0n) is 14.5. The number of carbonyl (C=O) groups excluding carboxylic acids is 1. The lowest BCUT2D eigenvalue weighted by molar-refractivity contribution is -0.134. The van der Waals surface area contributed by atoms with E-state index in [0.717, 1.165) is 41.9 Å². The fourth-order valence-corrected chi connectivity index (χ4v) is 3.45. The quantitative estimate of drug-likeness (QED) is 0.796. The van der Waals surface area contributed by atoms with E-state index >= 15 is 0 Å². The van der Waals surface area contributed by atoms with Crippen molar-refractivity contribution in [1.82, 2.24) is 4.90 Å². The lowest BCUT2D eigenvalue weighted by Crippen LogP contribution is -2.36. The largest absolute Gasteiger partial charge is 0.454 e. The van der Waals surface area contributed by atoms with Crippen LogP contribution < -0.4 is 9.47 Å². The third-order valence-corrected chi connectivity index (χ3v) is 4.97. The number of fused-ring (bicyclic) bond motifs is 1. The van der Waals surface area contributed by atoms with E-state index in [9.17, 15) is 4.79 Å². The molecule has 25 heavy (non-hydrogen) atoms. The number of nitrogens with zero attached hydrogens (tertiary/aromatic N) is 1. The van der Waals surface area contributed by atoms with E-state index in [1.54, 1.807) is 0 Å². The summed E-state index contributed by atoms with van der Waals surface area (Å²) in [5.74, 6) is 1.71. The van der Waals surface area contributed by atoms with Crippen molar-refractivity contribution < 1.29 is 14.3 Å². The van der Waals surface area contributed by atoms with Crippen LogP contribution in [-0.4, -0.2) is 23.6 Å². The van der Waals surface area contributed by atoms with Crippen LogP contribution in [0, 0.1) is 0 Å². The zero-order valence-corrected chi connectivity index (χ0v) is 14.5. The molecule has 1 unspecified atom stereocenters. The molecule has 1 fully saturated rings. The van der Waals surface area contributed by atoms with Crippen molar-refractivity contribution in [2.24, 2.45) is 0 Å². The number of hydrogen-bond donors (Lipinski definition) is 0. The van der Waals surface area contributed by atoms with Gasteiger partial charge in [0.2, 0.25) is 12.7 Å². The molecule has 1 amide bonds. The zero-order chi connectivity index (χ0) is 17.2. The van der Waals surface area contributed by atoms with Gasteiger partial charge in [0.15, 0.2) is 11.5 Å². The van der Waals surface area contributed by atoms with E-state index in [1.807, 2.05) is 36.4 Å². The third-order valence-electron chi connectivity index (χ3n) is 4.97. The summed E-state index contributed by atoms with van der Waals surface area (Å²) in [4.78, 5) is 15.3. The summed E-state index contributed by atoms with van der Waals surface area (Å²) in [5.41, 5.74) is 2.19. The summed E-state index contributed by atoms with van der Waals surface area (Å²) in [6.45, 7) is 2.99. The molecule has 4 heteroatoms. The number of carbonyl (C=O) groups is 1. The first-order chi connectivity index (χ1) is 12.3. The summed E-state index contributed by atoms with van der Waals surface area (Å²) in [6, 6.07) is 16.4. The molecule has 1 atom stereocenters. The number of benzene rings is 2. The molecule has 4 rings (SSSR count). The first-order valence-electron chi connectivity index (χ1n) is 9.00. The van der Waals surface area contributed by atoms with Crippen molar-refractivity contribution in [2.45, 2.75) is 44.7 Å². The minimum absolute atomic E-state index is 0.0733. The summed E-state index contributed by atoms with van der Waals surface area (Å²) in [7, 11) is 0. The molecule has 0 spiro atoms. The number of ether oxygens (including phenoxy) is 2. The van der Waals surface area contributed by atoms with Crippen LogP contribution in [0.1, 0.15) is 43.2 Å². The van der Waals surface area contributed by atoms with Crippen LogP contribution in [0.5, 0.6) is 11.5 Å². The first kappa shape index (κ1) is 16.0. The summed E-state index contributed by atoms with van der Waals surface area (Å²) < 4.78 is 10.8. The monoisotopic (exact) mass is 337 g/mol. The van der Waals surface area contributed by atoms with E-state index in [0.29, 0.717) is 12.6 Å². The molecular weight excluding hydrogens is 314 g/mol. The maximum Gasteiger partial charge on any atom is 0.231 e. The smallest absolute Gasteiger partial charge is 0.231 e. The Bertz CT molecular complexity index is 755. The number of rotatable bonds is 6. The second-order valence-electron chi connectivity index (χ2n) is 6.76. The van der Waals surface area contributed by atoms with Gasteiger partial charge in [-0.05, 0) is 42.5 Å². The Balaban J connectivity index is 1.55. The van der Waals surface area contributed by atoms with Gasteiger partial charge in [-0.25, -0.2) is 0 Å². The van der Waals surface area contributed by atoms with Crippen LogP contribution in [0.15, 0.2) is 48.5 Å². The molecule has 0 aromatic heterocycles. The predicted molar refractivity (Wildman–Crippen MR) is 95.6 cm³/mol. The van der Waals surface area contributed by atoms with E-state index < -0.39 is 0 Å². The maximum atomic E-state index is 13.3. The fourth-order valence-electron chi connectivity index (χ4n) is 3.45. The molecule has 2 aromatic rings. The van der Waals surface area contributed by atoms with Gasteiger partial charge in [-0.2, -0.15) is 0 Å². The lowest BCUT2D eigenvalue weighted by Gasteiger charge is -2.27. The summed E-state index contributed by atoms with van der Waals surface area (Å²) in [6.07, 6.45) is 3.01. The van der Waals surface area contributed by atoms with Gasteiger partial charge in [0, 0.05) is 12.6 Å². The van der Waals surface area contributed by atoms with E-state index in [2.05, 4.69) is 24.0 Å². The molecule has 0 saturated heterocycles. The molecule has 2 aliphatic rings. The third kappa shape index (κ3) is 3.34. The normalized spacial score (nSPS) is 16.5. The molecular formula is C21H23NO3. The maximum absolute atomic E-state index is 13.3. The molecule has 1 saturated carbocycles. The summed E-state index contributed by atoms with van der Waals surface area (Å²) in [5, 5.41) is 0. The number of hydrogen-bond acceptors (Lipinski definition) is 3. The highest BCUT2D eigenvalue weighted by atomic mass is 16.7. The van der Waals surface area contributed by atoms with Crippen LogP contribution in [-0.2, 0) is 11.3 Å². The van der Waals surface area contributed by atoms with Crippen molar-refractivity contribution in [3.63, 3.8) is 0 Å². The van der Waals surface area contributed by atoms with Gasteiger partial charge in [-0.1, -0.05) is 43.3 Å². The first-order valence-corrected chi connectivity index (χ1v) is 9.00. The Labute approximate surface area is 148 Å². The highest BCUT2D eigenvalue weighted by Crippen LogP contribution is 2.36. The average Bonchev–Trinajstić information content (AvgIpc) is 3.38.